The van der Waals surface area contributed by atoms with Crippen molar-refractivity contribution in [2.24, 2.45) is 5.92 Å². The number of aliphatic hydroxyl groups is 1. The largest absolute Gasteiger partial charge is 0.497 e. The number of nitrogens with zero attached hydrogens (tertiary/aromatic N) is 1. The molecule has 2 rings (SSSR count). The molecule has 4 nitrogen and oxygen atoms in total. The second kappa shape index (κ2) is 6.22. The number of hydrogen-bond acceptors (Lipinski definition) is 3. The maximum atomic E-state index is 13.9. The van der Waals surface area contributed by atoms with Crippen LogP contribution in [0.4, 0.5) is 4.39 Å². The zero-order chi connectivity index (χ0) is 14.7. The first-order valence-electron chi connectivity index (χ1n) is 6.83. The number of rotatable bonds is 3. The summed E-state index contributed by atoms with van der Waals surface area (Å²) in [6.45, 7) is 2.81. The van der Waals surface area contributed by atoms with Crippen LogP contribution in [0.15, 0.2) is 18.2 Å². The van der Waals surface area contributed by atoms with Crippen molar-refractivity contribution in [1.29, 1.82) is 0 Å². The van der Waals surface area contributed by atoms with Gasteiger partial charge in [-0.05, 0) is 31.9 Å². The fraction of sp³-hybridized carbons (Fsp3) is 0.533. The monoisotopic (exact) mass is 281 g/mol. The number of amides is 1. The number of methoxy groups -OCH3 is 1. The molecule has 2 atom stereocenters. The first-order valence-corrected chi connectivity index (χ1v) is 6.83. The van der Waals surface area contributed by atoms with Crippen molar-refractivity contribution in [2.75, 3.05) is 20.2 Å². The second-order valence-electron chi connectivity index (χ2n) is 5.24. The molecule has 1 fully saturated rings. The van der Waals surface area contributed by atoms with Crippen molar-refractivity contribution in [1.82, 2.24) is 4.90 Å². The van der Waals surface area contributed by atoms with Gasteiger partial charge in [0.1, 0.15) is 11.6 Å². The number of aliphatic hydroxyl groups excluding tert-OH is 1. The number of hydrogen-bond donors (Lipinski definition) is 1. The first kappa shape index (κ1) is 14.8. The van der Waals surface area contributed by atoms with Crippen molar-refractivity contribution in [3.63, 3.8) is 0 Å². The molecule has 1 N–H and O–H groups in total. The Bertz CT molecular complexity index is 490. The third-order valence-corrected chi connectivity index (χ3v) is 3.83. The molecule has 2 unspecified atom stereocenters. The van der Waals surface area contributed by atoms with Crippen LogP contribution in [-0.2, 0) is 0 Å². The van der Waals surface area contributed by atoms with Gasteiger partial charge < -0.3 is 14.7 Å². The van der Waals surface area contributed by atoms with E-state index >= 15 is 0 Å². The summed E-state index contributed by atoms with van der Waals surface area (Å²) >= 11 is 0. The Kier molecular flexibility index (Phi) is 4.60. The predicted molar refractivity (Wildman–Crippen MR) is 73.3 cm³/mol. The van der Waals surface area contributed by atoms with E-state index in [1.165, 1.54) is 19.2 Å². The second-order valence-corrected chi connectivity index (χ2v) is 5.24. The van der Waals surface area contributed by atoms with Crippen LogP contribution in [0.3, 0.4) is 0 Å². The van der Waals surface area contributed by atoms with E-state index in [4.69, 9.17) is 4.74 Å². The Labute approximate surface area is 118 Å². The highest BCUT2D eigenvalue weighted by atomic mass is 19.1. The number of carbonyl (C=O) groups excluding carboxylic acids is 1. The van der Waals surface area contributed by atoms with Gasteiger partial charge in [0.2, 0.25) is 0 Å². The molecule has 0 radical (unpaired) electrons. The Morgan fingerprint density at radius 2 is 2.30 bits per heavy atom. The molecule has 1 aromatic carbocycles. The summed E-state index contributed by atoms with van der Waals surface area (Å²) in [5.74, 6) is -0.447. The van der Waals surface area contributed by atoms with E-state index in [2.05, 4.69) is 0 Å². The van der Waals surface area contributed by atoms with Crippen molar-refractivity contribution < 1.29 is 19.0 Å². The summed E-state index contributed by atoms with van der Waals surface area (Å²) in [6.07, 6.45) is 1.28. The van der Waals surface area contributed by atoms with Crippen LogP contribution in [0.1, 0.15) is 30.1 Å². The van der Waals surface area contributed by atoms with Crippen LogP contribution in [0.5, 0.6) is 5.75 Å². The standard InChI is InChI=1S/C15H20FNO3/c1-10(18)11-4-3-7-17(9-11)15(19)13-6-5-12(20-2)8-14(13)16/h5-6,8,10-11,18H,3-4,7,9H2,1-2H3. The maximum absolute atomic E-state index is 13.9. The first-order chi connectivity index (χ1) is 9.52. The molecular weight excluding hydrogens is 261 g/mol. The van der Waals surface area contributed by atoms with Gasteiger partial charge in [0.25, 0.3) is 5.91 Å². The molecule has 1 aromatic rings. The Morgan fingerprint density at radius 1 is 1.55 bits per heavy atom. The summed E-state index contributed by atoms with van der Waals surface area (Å²) in [6, 6.07) is 4.23. The third-order valence-electron chi connectivity index (χ3n) is 3.83. The Morgan fingerprint density at radius 3 is 2.90 bits per heavy atom. The van der Waals surface area contributed by atoms with Crippen molar-refractivity contribution in [3.05, 3.63) is 29.6 Å². The normalized spacial score (nSPS) is 20.6. The van der Waals surface area contributed by atoms with E-state index < -0.39 is 11.9 Å². The van der Waals surface area contributed by atoms with E-state index in [1.54, 1.807) is 17.9 Å². The lowest BCUT2D eigenvalue weighted by atomic mass is 9.93. The molecule has 1 saturated heterocycles. The van der Waals surface area contributed by atoms with E-state index in [9.17, 15) is 14.3 Å². The zero-order valence-electron chi connectivity index (χ0n) is 11.8. The summed E-state index contributed by atoms with van der Waals surface area (Å²) in [5, 5.41) is 9.64. The van der Waals surface area contributed by atoms with Gasteiger partial charge in [-0.3, -0.25) is 4.79 Å². The molecule has 20 heavy (non-hydrogen) atoms. The smallest absolute Gasteiger partial charge is 0.256 e. The average molecular weight is 281 g/mol. The average Bonchev–Trinajstić information content (AvgIpc) is 2.46. The molecule has 1 heterocycles. The van der Waals surface area contributed by atoms with Crippen LogP contribution in [0.25, 0.3) is 0 Å². The molecule has 5 heteroatoms. The van der Waals surface area contributed by atoms with Gasteiger partial charge in [0.05, 0.1) is 18.8 Å². The lowest BCUT2D eigenvalue weighted by molar-refractivity contribution is 0.0462. The van der Waals surface area contributed by atoms with Gasteiger partial charge in [-0.1, -0.05) is 0 Å². The molecule has 0 spiro atoms. The van der Waals surface area contributed by atoms with E-state index in [0.29, 0.717) is 18.8 Å². The van der Waals surface area contributed by atoms with Crippen LogP contribution in [-0.4, -0.2) is 42.2 Å². The SMILES string of the molecule is COc1ccc(C(=O)N2CCCC(C(C)O)C2)c(F)c1. The minimum absolute atomic E-state index is 0.0528. The fourth-order valence-corrected chi connectivity index (χ4v) is 2.55. The molecule has 0 aromatic heterocycles. The van der Waals surface area contributed by atoms with Gasteiger partial charge in [0, 0.05) is 25.1 Å². The lowest BCUT2D eigenvalue weighted by Crippen LogP contribution is -2.43. The topological polar surface area (TPSA) is 49.8 Å². The van der Waals surface area contributed by atoms with E-state index in [-0.39, 0.29) is 17.4 Å². The zero-order valence-corrected chi connectivity index (χ0v) is 11.8. The van der Waals surface area contributed by atoms with Crippen LogP contribution < -0.4 is 4.74 Å². The summed E-state index contributed by atoms with van der Waals surface area (Å²) < 4.78 is 18.8. The molecule has 1 amide bonds. The van der Waals surface area contributed by atoms with Crippen molar-refractivity contribution >= 4 is 5.91 Å². The molecule has 0 saturated carbocycles. The van der Waals surface area contributed by atoms with Gasteiger partial charge in [0.15, 0.2) is 0 Å². The minimum atomic E-state index is -0.575. The molecule has 1 aliphatic heterocycles. The summed E-state index contributed by atoms with van der Waals surface area (Å²) in [5.41, 5.74) is 0.0528. The number of benzene rings is 1. The van der Waals surface area contributed by atoms with E-state index in [0.717, 1.165) is 12.8 Å². The Hall–Kier alpha value is -1.62. The van der Waals surface area contributed by atoms with Gasteiger partial charge >= 0.3 is 0 Å². The van der Waals surface area contributed by atoms with Gasteiger partial charge in [-0.2, -0.15) is 0 Å². The number of ether oxygens (including phenoxy) is 1. The van der Waals surface area contributed by atoms with Crippen LogP contribution in [0.2, 0.25) is 0 Å². The highest BCUT2D eigenvalue weighted by Crippen LogP contribution is 2.23. The molecular formula is C15H20FNO3. The predicted octanol–water partition coefficient (Wildman–Crippen LogP) is 2.07. The fourth-order valence-electron chi connectivity index (χ4n) is 2.55. The number of halogens is 1. The molecule has 110 valence electrons. The highest BCUT2D eigenvalue weighted by Gasteiger charge is 2.28. The number of likely N-dealkylation sites (tertiary alicyclic amines) is 1. The quantitative estimate of drug-likeness (QED) is 0.922. The minimum Gasteiger partial charge on any atom is -0.497 e. The number of carbonyl (C=O) groups is 1. The highest BCUT2D eigenvalue weighted by molar-refractivity contribution is 5.94. The third kappa shape index (κ3) is 3.10. The van der Waals surface area contributed by atoms with E-state index in [1.807, 2.05) is 0 Å². The molecule has 0 aliphatic carbocycles. The van der Waals surface area contributed by atoms with Crippen LogP contribution >= 0.6 is 0 Å². The molecule has 1 aliphatic rings. The molecule has 0 bridgehead atoms. The summed E-state index contributed by atoms with van der Waals surface area (Å²) in [7, 11) is 1.45. The maximum Gasteiger partial charge on any atom is 0.256 e. The van der Waals surface area contributed by atoms with Crippen molar-refractivity contribution in [2.45, 2.75) is 25.9 Å². The van der Waals surface area contributed by atoms with Crippen molar-refractivity contribution in [3.8, 4) is 5.75 Å². The lowest BCUT2D eigenvalue weighted by Gasteiger charge is -2.34. The Balaban J connectivity index is 2.14. The van der Waals surface area contributed by atoms with Gasteiger partial charge in [-0.25, -0.2) is 4.39 Å². The summed E-state index contributed by atoms with van der Waals surface area (Å²) in [4.78, 5) is 14.0. The van der Waals surface area contributed by atoms with Crippen LogP contribution in [0, 0.1) is 11.7 Å². The van der Waals surface area contributed by atoms with Gasteiger partial charge in [-0.15, -0.1) is 0 Å². The number of piperidine rings is 1.